The largest absolute Gasteiger partial charge is 0.373 e. The van der Waals surface area contributed by atoms with Gasteiger partial charge in [0.2, 0.25) is 0 Å². The average Bonchev–Trinajstić information content (AvgIpc) is 2.91. The van der Waals surface area contributed by atoms with Gasteiger partial charge in [0.25, 0.3) is 5.91 Å². The molecule has 0 aromatic heterocycles. The molecule has 0 spiro atoms. The van der Waals surface area contributed by atoms with Gasteiger partial charge >= 0.3 is 0 Å². The van der Waals surface area contributed by atoms with Crippen molar-refractivity contribution in [2.45, 2.75) is 6.92 Å². The van der Waals surface area contributed by atoms with Crippen LogP contribution in [0.1, 0.15) is 11.1 Å². The Morgan fingerprint density at radius 3 is 2.58 bits per heavy atom. The van der Waals surface area contributed by atoms with Crippen LogP contribution in [0.3, 0.4) is 0 Å². The van der Waals surface area contributed by atoms with Gasteiger partial charge in [-0.2, -0.15) is 0 Å². The molecular weight excluding hydrogens is 298 g/mol. The Labute approximate surface area is 142 Å². The molecule has 1 fully saturated rings. The molecule has 122 valence electrons. The topological polar surface area (TPSA) is 35.6 Å². The zero-order chi connectivity index (χ0) is 16.5. The number of rotatable bonds is 2. The van der Waals surface area contributed by atoms with Crippen molar-refractivity contribution >= 4 is 22.9 Å². The highest BCUT2D eigenvalue weighted by Crippen LogP contribution is 2.31. The van der Waals surface area contributed by atoms with Gasteiger partial charge in [0.1, 0.15) is 0 Å². The highest BCUT2D eigenvalue weighted by atomic mass is 16.2. The molecule has 0 radical (unpaired) electrons. The molecule has 1 amide bonds. The van der Waals surface area contributed by atoms with Gasteiger partial charge in [-0.1, -0.05) is 30.3 Å². The summed E-state index contributed by atoms with van der Waals surface area (Å²) in [6.45, 7) is 5.91. The maximum absolute atomic E-state index is 12.2. The number of aryl methyl sites for hydroxylation is 1. The number of fused-ring (bicyclic) bond motifs is 1. The molecule has 2 aliphatic rings. The maximum Gasteiger partial charge on any atom is 0.257 e. The summed E-state index contributed by atoms with van der Waals surface area (Å²) < 4.78 is 0. The van der Waals surface area contributed by atoms with E-state index in [1.54, 1.807) is 0 Å². The smallest absolute Gasteiger partial charge is 0.257 e. The molecule has 0 unspecified atom stereocenters. The van der Waals surface area contributed by atoms with Crippen molar-refractivity contribution in [1.82, 2.24) is 4.90 Å². The summed E-state index contributed by atoms with van der Waals surface area (Å²) in [6, 6.07) is 16.5. The van der Waals surface area contributed by atoms with Gasteiger partial charge in [0, 0.05) is 49.3 Å². The van der Waals surface area contributed by atoms with Crippen LogP contribution in [0.15, 0.2) is 54.7 Å². The molecule has 24 heavy (non-hydrogen) atoms. The third-order valence-corrected chi connectivity index (χ3v) is 4.70. The molecule has 2 aliphatic heterocycles. The van der Waals surface area contributed by atoms with E-state index in [-0.39, 0.29) is 5.91 Å². The zero-order valence-corrected chi connectivity index (χ0v) is 13.8. The van der Waals surface area contributed by atoms with E-state index in [2.05, 4.69) is 46.3 Å². The first-order valence-electron chi connectivity index (χ1n) is 8.39. The number of piperazine rings is 1. The van der Waals surface area contributed by atoms with Crippen LogP contribution in [0, 0.1) is 6.92 Å². The predicted molar refractivity (Wildman–Crippen MR) is 98.0 cm³/mol. The van der Waals surface area contributed by atoms with Crippen molar-refractivity contribution in [1.29, 1.82) is 0 Å². The molecule has 4 nitrogen and oxygen atoms in total. The second-order valence-electron chi connectivity index (χ2n) is 6.40. The first-order valence-corrected chi connectivity index (χ1v) is 8.39. The van der Waals surface area contributed by atoms with E-state index < -0.39 is 0 Å². The molecular formula is C20H21N3O. The molecule has 0 saturated carbocycles. The van der Waals surface area contributed by atoms with Crippen LogP contribution < -0.4 is 10.2 Å². The molecule has 4 rings (SSSR count). The van der Waals surface area contributed by atoms with Gasteiger partial charge in [-0.05, 0) is 30.7 Å². The summed E-state index contributed by atoms with van der Waals surface area (Å²) in [5, 5.41) is 2.93. The van der Waals surface area contributed by atoms with E-state index >= 15 is 0 Å². The van der Waals surface area contributed by atoms with E-state index in [1.165, 1.54) is 11.3 Å². The summed E-state index contributed by atoms with van der Waals surface area (Å²) >= 11 is 0. The van der Waals surface area contributed by atoms with Crippen LogP contribution in [-0.2, 0) is 4.79 Å². The first-order chi connectivity index (χ1) is 11.7. The zero-order valence-electron chi connectivity index (χ0n) is 13.8. The Bertz CT molecular complexity index is 804. The monoisotopic (exact) mass is 319 g/mol. The number of carbonyl (C=O) groups excluding carboxylic acids is 1. The van der Waals surface area contributed by atoms with Gasteiger partial charge in [-0.3, -0.25) is 4.79 Å². The van der Waals surface area contributed by atoms with Crippen molar-refractivity contribution in [2.24, 2.45) is 0 Å². The van der Waals surface area contributed by atoms with Crippen LogP contribution in [0.25, 0.3) is 5.57 Å². The van der Waals surface area contributed by atoms with Crippen molar-refractivity contribution < 1.29 is 4.79 Å². The predicted octanol–water partition coefficient (Wildman–Crippen LogP) is 3.11. The molecule has 1 saturated heterocycles. The SMILES string of the molecule is Cc1cccc(N2CCN(/C=C3/C(=O)Nc4ccccc43)CC2)c1. The Kier molecular flexibility index (Phi) is 3.73. The average molecular weight is 319 g/mol. The van der Waals surface area contributed by atoms with Crippen molar-refractivity contribution in [3.63, 3.8) is 0 Å². The minimum atomic E-state index is -0.00249. The summed E-state index contributed by atoms with van der Waals surface area (Å²) in [5.74, 6) is -0.00249. The number of nitrogens with one attached hydrogen (secondary N) is 1. The van der Waals surface area contributed by atoms with Crippen LogP contribution in [-0.4, -0.2) is 37.0 Å². The lowest BCUT2D eigenvalue weighted by atomic mass is 10.1. The van der Waals surface area contributed by atoms with Crippen LogP contribution in [0.5, 0.6) is 0 Å². The second kappa shape index (κ2) is 6.04. The molecule has 0 aliphatic carbocycles. The highest BCUT2D eigenvalue weighted by Gasteiger charge is 2.25. The number of benzene rings is 2. The molecule has 2 aromatic carbocycles. The fraction of sp³-hybridized carbons (Fsp3) is 0.250. The molecule has 0 bridgehead atoms. The standard InChI is InChI=1S/C20H21N3O/c1-15-5-4-6-16(13-15)23-11-9-22(10-12-23)14-18-17-7-2-3-8-19(17)21-20(18)24/h2-8,13-14H,9-12H2,1H3,(H,21,24)/b18-14+. The van der Waals surface area contributed by atoms with E-state index in [0.29, 0.717) is 0 Å². The van der Waals surface area contributed by atoms with Crippen LogP contribution >= 0.6 is 0 Å². The lowest BCUT2D eigenvalue weighted by molar-refractivity contribution is -0.110. The third kappa shape index (κ3) is 2.75. The van der Waals surface area contributed by atoms with Gasteiger partial charge in [-0.25, -0.2) is 0 Å². The minimum absolute atomic E-state index is 0.00249. The Morgan fingerprint density at radius 1 is 1.00 bits per heavy atom. The minimum Gasteiger partial charge on any atom is -0.373 e. The van der Waals surface area contributed by atoms with E-state index in [4.69, 9.17) is 0 Å². The fourth-order valence-corrected chi connectivity index (χ4v) is 3.38. The van der Waals surface area contributed by atoms with Crippen molar-refractivity contribution in [3.05, 3.63) is 65.9 Å². The molecule has 1 N–H and O–H groups in total. The number of carbonyl (C=O) groups is 1. The summed E-state index contributed by atoms with van der Waals surface area (Å²) in [5.41, 5.74) is 5.26. The van der Waals surface area contributed by atoms with E-state index in [1.807, 2.05) is 30.5 Å². The number of anilines is 2. The maximum atomic E-state index is 12.2. The summed E-state index contributed by atoms with van der Waals surface area (Å²) in [7, 11) is 0. The van der Waals surface area contributed by atoms with E-state index in [9.17, 15) is 4.79 Å². The molecule has 2 aromatic rings. The highest BCUT2D eigenvalue weighted by molar-refractivity contribution is 6.31. The second-order valence-corrected chi connectivity index (χ2v) is 6.40. The normalized spacial score (nSPS) is 18.7. The van der Waals surface area contributed by atoms with Gasteiger partial charge in [0.05, 0.1) is 5.57 Å². The van der Waals surface area contributed by atoms with Crippen molar-refractivity contribution in [3.8, 4) is 0 Å². The summed E-state index contributed by atoms with van der Waals surface area (Å²) in [6.07, 6.45) is 2.02. The first kappa shape index (κ1) is 14.8. The molecule has 0 atom stereocenters. The Balaban J connectivity index is 1.48. The number of hydrogen-bond acceptors (Lipinski definition) is 3. The molecule has 2 heterocycles. The fourth-order valence-electron chi connectivity index (χ4n) is 3.38. The van der Waals surface area contributed by atoms with E-state index in [0.717, 1.165) is 43.0 Å². The van der Waals surface area contributed by atoms with Crippen molar-refractivity contribution in [2.75, 3.05) is 36.4 Å². The van der Waals surface area contributed by atoms with Gasteiger partial charge < -0.3 is 15.1 Å². The Morgan fingerprint density at radius 2 is 1.79 bits per heavy atom. The number of hydrogen-bond donors (Lipinski definition) is 1. The van der Waals surface area contributed by atoms with Crippen LogP contribution in [0.2, 0.25) is 0 Å². The summed E-state index contributed by atoms with van der Waals surface area (Å²) in [4.78, 5) is 16.9. The number of nitrogens with zero attached hydrogens (tertiary/aromatic N) is 2. The lowest BCUT2D eigenvalue weighted by Gasteiger charge is -2.36. The number of amides is 1. The Hall–Kier alpha value is -2.75. The van der Waals surface area contributed by atoms with Crippen LogP contribution in [0.4, 0.5) is 11.4 Å². The quantitative estimate of drug-likeness (QED) is 0.864. The number of para-hydroxylation sites is 1. The lowest BCUT2D eigenvalue weighted by Crippen LogP contribution is -2.44. The third-order valence-electron chi connectivity index (χ3n) is 4.70. The molecule has 4 heteroatoms. The van der Waals surface area contributed by atoms with Gasteiger partial charge in [-0.15, -0.1) is 0 Å². The van der Waals surface area contributed by atoms with Gasteiger partial charge in [0.15, 0.2) is 0 Å².